The molecule has 1 atom stereocenters. The van der Waals surface area contributed by atoms with Crippen LogP contribution in [0.2, 0.25) is 5.02 Å². The lowest BCUT2D eigenvalue weighted by Crippen LogP contribution is -2.42. The minimum absolute atomic E-state index is 0.333. The van der Waals surface area contributed by atoms with E-state index in [4.69, 9.17) is 21.1 Å². The highest BCUT2D eigenvalue weighted by Gasteiger charge is 2.15. The molecule has 94 valence electrons. The number of benzene rings is 1. The molecule has 17 heavy (non-hydrogen) atoms. The van der Waals surface area contributed by atoms with Gasteiger partial charge in [-0.15, -0.1) is 0 Å². The van der Waals surface area contributed by atoms with Crippen molar-refractivity contribution in [3.8, 4) is 5.75 Å². The number of hydrogen-bond donors (Lipinski definition) is 0. The molecule has 0 amide bonds. The van der Waals surface area contributed by atoms with Gasteiger partial charge in [-0.2, -0.15) is 0 Å². The van der Waals surface area contributed by atoms with E-state index >= 15 is 0 Å². The Labute approximate surface area is 107 Å². The molecule has 2 rings (SSSR count). The molecule has 0 aliphatic carbocycles. The van der Waals surface area contributed by atoms with Gasteiger partial charge in [0.05, 0.1) is 12.7 Å². The van der Waals surface area contributed by atoms with Gasteiger partial charge in [-0.1, -0.05) is 11.6 Å². The molecule has 0 spiro atoms. The Kier molecular flexibility index (Phi) is 4.66. The van der Waals surface area contributed by atoms with Gasteiger partial charge in [-0.05, 0) is 31.2 Å². The first kappa shape index (κ1) is 12.7. The van der Waals surface area contributed by atoms with E-state index in [1.165, 1.54) is 0 Å². The van der Waals surface area contributed by atoms with E-state index in [-0.39, 0.29) is 0 Å². The second-order valence-corrected chi connectivity index (χ2v) is 4.72. The van der Waals surface area contributed by atoms with Crippen LogP contribution in [0.1, 0.15) is 6.92 Å². The maximum atomic E-state index is 5.81. The molecule has 1 aromatic carbocycles. The third kappa shape index (κ3) is 4.19. The summed E-state index contributed by atoms with van der Waals surface area (Å²) in [6.07, 6.45) is 0.333. The number of nitrogens with zero attached hydrogens (tertiary/aromatic N) is 1. The van der Waals surface area contributed by atoms with Crippen molar-refractivity contribution in [2.24, 2.45) is 0 Å². The van der Waals surface area contributed by atoms with Gasteiger partial charge < -0.3 is 9.47 Å². The molecule has 0 N–H and O–H groups in total. The van der Waals surface area contributed by atoms with Crippen molar-refractivity contribution in [2.75, 3.05) is 32.8 Å². The van der Waals surface area contributed by atoms with Crippen LogP contribution in [0.3, 0.4) is 0 Å². The Morgan fingerprint density at radius 2 is 2.18 bits per heavy atom. The smallest absolute Gasteiger partial charge is 0.119 e. The molecule has 1 aliphatic rings. The van der Waals surface area contributed by atoms with Gasteiger partial charge in [0.1, 0.15) is 12.4 Å². The Hall–Kier alpha value is -0.770. The highest BCUT2D eigenvalue weighted by Crippen LogP contribution is 2.15. The monoisotopic (exact) mass is 255 g/mol. The summed E-state index contributed by atoms with van der Waals surface area (Å²) >= 11 is 5.81. The van der Waals surface area contributed by atoms with Gasteiger partial charge in [0, 0.05) is 24.7 Å². The van der Waals surface area contributed by atoms with Crippen LogP contribution >= 0.6 is 11.6 Å². The fourth-order valence-electron chi connectivity index (χ4n) is 1.92. The zero-order valence-electron chi connectivity index (χ0n) is 10.1. The summed E-state index contributed by atoms with van der Waals surface area (Å²) < 4.78 is 11.1. The standard InChI is InChI=1S/C13H18ClNO2/c1-11-10-15(6-8-16-11)7-9-17-13-4-2-12(14)3-5-13/h2-5,11H,6-10H2,1H3. The van der Waals surface area contributed by atoms with Gasteiger partial charge in [0.2, 0.25) is 0 Å². The van der Waals surface area contributed by atoms with Crippen molar-refractivity contribution in [1.82, 2.24) is 4.90 Å². The van der Waals surface area contributed by atoms with Crippen LogP contribution in [0, 0.1) is 0 Å². The Morgan fingerprint density at radius 1 is 1.41 bits per heavy atom. The molecule has 1 heterocycles. The van der Waals surface area contributed by atoms with Crippen molar-refractivity contribution in [3.05, 3.63) is 29.3 Å². The summed E-state index contributed by atoms with van der Waals surface area (Å²) in [4.78, 5) is 2.37. The quantitative estimate of drug-likeness (QED) is 0.825. The van der Waals surface area contributed by atoms with Crippen molar-refractivity contribution in [3.63, 3.8) is 0 Å². The van der Waals surface area contributed by atoms with Crippen LogP contribution in [0.4, 0.5) is 0 Å². The van der Waals surface area contributed by atoms with E-state index in [0.29, 0.717) is 12.7 Å². The van der Waals surface area contributed by atoms with Crippen LogP contribution in [0.15, 0.2) is 24.3 Å². The topological polar surface area (TPSA) is 21.7 Å². The predicted molar refractivity (Wildman–Crippen MR) is 68.8 cm³/mol. The molecular weight excluding hydrogens is 238 g/mol. The minimum atomic E-state index is 0.333. The molecule has 3 nitrogen and oxygen atoms in total. The highest BCUT2D eigenvalue weighted by molar-refractivity contribution is 6.30. The van der Waals surface area contributed by atoms with Crippen molar-refractivity contribution < 1.29 is 9.47 Å². The summed E-state index contributed by atoms with van der Waals surface area (Å²) in [6.45, 7) is 6.55. The van der Waals surface area contributed by atoms with E-state index in [9.17, 15) is 0 Å². The average Bonchev–Trinajstić information content (AvgIpc) is 2.32. The molecule has 1 fully saturated rings. The lowest BCUT2D eigenvalue weighted by molar-refractivity contribution is -0.0214. The summed E-state index contributed by atoms with van der Waals surface area (Å²) in [5, 5.41) is 0.736. The van der Waals surface area contributed by atoms with E-state index < -0.39 is 0 Å². The summed E-state index contributed by atoms with van der Waals surface area (Å²) in [5.74, 6) is 0.871. The van der Waals surface area contributed by atoms with Crippen LogP contribution in [-0.4, -0.2) is 43.9 Å². The fraction of sp³-hybridized carbons (Fsp3) is 0.538. The maximum absolute atomic E-state index is 5.81. The van der Waals surface area contributed by atoms with Gasteiger partial charge >= 0.3 is 0 Å². The van der Waals surface area contributed by atoms with Gasteiger partial charge in [0.25, 0.3) is 0 Å². The third-order valence-corrected chi connectivity index (χ3v) is 3.07. The number of rotatable bonds is 4. The van der Waals surface area contributed by atoms with E-state index in [1.54, 1.807) is 0 Å². The molecule has 4 heteroatoms. The lowest BCUT2D eigenvalue weighted by Gasteiger charge is -2.30. The molecule has 0 radical (unpaired) electrons. The zero-order valence-corrected chi connectivity index (χ0v) is 10.8. The molecule has 0 saturated carbocycles. The largest absolute Gasteiger partial charge is 0.492 e. The average molecular weight is 256 g/mol. The number of hydrogen-bond acceptors (Lipinski definition) is 3. The summed E-state index contributed by atoms with van der Waals surface area (Å²) in [5.41, 5.74) is 0. The van der Waals surface area contributed by atoms with Crippen molar-refractivity contribution >= 4 is 11.6 Å². The molecule has 1 unspecified atom stereocenters. The molecule has 1 aromatic rings. The Bertz CT molecular complexity index is 342. The van der Waals surface area contributed by atoms with Gasteiger partial charge in [-0.3, -0.25) is 4.90 Å². The van der Waals surface area contributed by atoms with Crippen LogP contribution in [0.5, 0.6) is 5.75 Å². The van der Waals surface area contributed by atoms with E-state index in [1.807, 2.05) is 24.3 Å². The maximum Gasteiger partial charge on any atom is 0.119 e. The summed E-state index contributed by atoms with van der Waals surface area (Å²) in [6, 6.07) is 7.47. The molecular formula is C13H18ClNO2. The van der Waals surface area contributed by atoms with Gasteiger partial charge in [-0.25, -0.2) is 0 Å². The lowest BCUT2D eigenvalue weighted by atomic mass is 10.3. The first-order valence-corrected chi connectivity index (χ1v) is 6.34. The highest BCUT2D eigenvalue weighted by atomic mass is 35.5. The fourth-order valence-corrected chi connectivity index (χ4v) is 2.04. The van der Waals surface area contributed by atoms with Crippen molar-refractivity contribution in [1.29, 1.82) is 0 Å². The molecule has 0 bridgehead atoms. The molecule has 1 saturated heterocycles. The summed E-state index contributed by atoms with van der Waals surface area (Å²) in [7, 11) is 0. The minimum Gasteiger partial charge on any atom is -0.492 e. The van der Waals surface area contributed by atoms with Crippen LogP contribution < -0.4 is 4.74 Å². The zero-order chi connectivity index (χ0) is 12.1. The second-order valence-electron chi connectivity index (χ2n) is 4.28. The van der Waals surface area contributed by atoms with Gasteiger partial charge in [0.15, 0.2) is 0 Å². The van der Waals surface area contributed by atoms with Crippen molar-refractivity contribution in [2.45, 2.75) is 13.0 Å². The SMILES string of the molecule is CC1CN(CCOc2ccc(Cl)cc2)CCO1. The Morgan fingerprint density at radius 3 is 2.88 bits per heavy atom. The molecule has 1 aliphatic heterocycles. The first-order valence-electron chi connectivity index (χ1n) is 5.96. The Balaban J connectivity index is 1.70. The number of ether oxygens (including phenoxy) is 2. The van der Waals surface area contributed by atoms with Crippen LogP contribution in [0.25, 0.3) is 0 Å². The van der Waals surface area contributed by atoms with Crippen LogP contribution in [-0.2, 0) is 4.74 Å². The predicted octanol–water partition coefficient (Wildman–Crippen LogP) is 2.44. The molecule has 0 aromatic heterocycles. The normalized spacial score (nSPS) is 21.4. The third-order valence-electron chi connectivity index (χ3n) is 2.82. The first-order chi connectivity index (χ1) is 8.24. The van der Waals surface area contributed by atoms with E-state index in [2.05, 4.69) is 11.8 Å². The number of halogens is 1. The second kappa shape index (κ2) is 6.24. The number of morpholine rings is 1. The van der Waals surface area contributed by atoms with E-state index in [0.717, 1.165) is 37.0 Å².